The highest BCUT2D eigenvalue weighted by atomic mass is 16.6. The predicted octanol–water partition coefficient (Wildman–Crippen LogP) is 1.08. The molecule has 0 aliphatic rings. The maximum atomic E-state index is 9.80. The molecule has 9 heavy (non-hydrogen) atoms. The summed E-state index contributed by atoms with van der Waals surface area (Å²) in [6, 6.07) is 1.79. The summed E-state index contributed by atoms with van der Waals surface area (Å²) in [5.74, 6) is 0. The summed E-state index contributed by atoms with van der Waals surface area (Å²) < 4.78 is 0. The van der Waals surface area contributed by atoms with Gasteiger partial charge < -0.3 is 0 Å². The van der Waals surface area contributed by atoms with E-state index in [1.54, 1.807) is 6.07 Å². The fourth-order valence-corrected chi connectivity index (χ4v) is 0.291. The second kappa shape index (κ2) is 3.61. The molecule has 0 rings (SSSR count). The smallest absolute Gasteiger partial charge is 0.240 e. The van der Waals surface area contributed by atoms with E-state index in [1.165, 1.54) is 0 Å². The third kappa shape index (κ3) is 3.23. The summed E-state index contributed by atoms with van der Waals surface area (Å²) in [5, 5.41) is 17.8. The molecule has 0 radical (unpaired) electrons. The fraction of sp³-hybridized carbons (Fsp3) is 0.400. The normalized spacial score (nSPS) is 7.89. The van der Waals surface area contributed by atoms with Crippen LogP contribution in [0.5, 0.6) is 0 Å². The van der Waals surface area contributed by atoms with E-state index in [2.05, 4.69) is 6.58 Å². The Labute approximate surface area is 52.6 Å². The summed E-state index contributed by atoms with van der Waals surface area (Å²) in [5.41, 5.74) is -0.100. The van der Waals surface area contributed by atoms with Gasteiger partial charge in [0.2, 0.25) is 5.70 Å². The zero-order chi connectivity index (χ0) is 7.28. The fourth-order valence-electron chi connectivity index (χ4n) is 0.291. The first-order chi connectivity index (χ1) is 4.18. The minimum Gasteiger partial charge on any atom is -0.259 e. The summed E-state index contributed by atoms with van der Waals surface area (Å²) in [7, 11) is 0. The van der Waals surface area contributed by atoms with E-state index in [9.17, 15) is 10.1 Å². The Morgan fingerprint density at radius 2 is 2.44 bits per heavy atom. The van der Waals surface area contributed by atoms with E-state index in [1.807, 2.05) is 0 Å². The molecular weight excluding hydrogens is 120 g/mol. The lowest BCUT2D eigenvalue weighted by atomic mass is 10.3. The predicted molar refractivity (Wildman–Crippen MR) is 31.0 cm³/mol. The standard InChI is InChI=1S/C5H6N2O2/c1-5(7(8)9)3-2-4-6/h1-3H2. The topological polar surface area (TPSA) is 66.9 Å². The first-order valence-electron chi connectivity index (χ1n) is 2.37. The number of hydrogen-bond acceptors (Lipinski definition) is 3. The van der Waals surface area contributed by atoms with Crippen LogP contribution in [0.1, 0.15) is 12.8 Å². The maximum Gasteiger partial charge on any atom is 0.240 e. The summed E-state index contributed by atoms with van der Waals surface area (Å²) in [4.78, 5) is 9.23. The van der Waals surface area contributed by atoms with Gasteiger partial charge in [-0.1, -0.05) is 0 Å². The number of hydrogen-bond donors (Lipinski definition) is 0. The van der Waals surface area contributed by atoms with Crippen LogP contribution in [-0.2, 0) is 0 Å². The van der Waals surface area contributed by atoms with Crippen LogP contribution in [0, 0.1) is 21.4 Å². The molecule has 0 aromatic carbocycles. The number of nitrogens with zero attached hydrogens (tertiary/aromatic N) is 2. The highest BCUT2D eigenvalue weighted by Crippen LogP contribution is 2.00. The second-order valence-corrected chi connectivity index (χ2v) is 1.48. The number of allylic oxidation sites excluding steroid dienone is 1. The van der Waals surface area contributed by atoms with Gasteiger partial charge >= 0.3 is 0 Å². The van der Waals surface area contributed by atoms with Crippen LogP contribution >= 0.6 is 0 Å². The zero-order valence-corrected chi connectivity index (χ0v) is 4.83. The van der Waals surface area contributed by atoms with Gasteiger partial charge in [-0.25, -0.2) is 0 Å². The molecule has 0 fully saturated rings. The van der Waals surface area contributed by atoms with Crippen LogP contribution in [-0.4, -0.2) is 4.92 Å². The molecule has 0 aliphatic carbocycles. The zero-order valence-electron chi connectivity index (χ0n) is 4.83. The van der Waals surface area contributed by atoms with Gasteiger partial charge in [0.15, 0.2) is 0 Å². The van der Waals surface area contributed by atoms with Crippen molar-refractivity contribution in [2.45, 2.75) is 12.8 Å². The van der Waals surface area contributed by atoms with Gasteiger partial charge in [0.05, 0.1) is 17.4 Å². The van der Waals surface area contributed by atoms with E-state index < -0.39 is 4.92 Å². The quantitative estimate of drug-likeness (QED) is 0.419. The highest BCUT2D eigenvalue weighted by Gasteiger charge is 2.03. The van der Waals surface area contributed by atoms with Gasteiger partial charge in [-0.15, -0.1) is 0 Å². The summed E-state index contributed by atoms with van der Waals surface area (Å²) >= 11 is 0. The molecule has 0 heterocycles. The molecule has 0 spiro atoms. The molecule has 0 unspecified atom stereocenters. The van der Waals surface area contributed by atoms with E-state index in [4.69, 9.17) is 5.26 Å². The molecule has 0 atom stereocenters. The van der Waals surface area contributed by atoms with Gasteiger partial charge in [0.25, 0.3) is 0 Å². The molecule has 0 saturated heterocycles. The summed E-state index contributed by atoms with van der Waals surface area (Å²) in [6.45, 7) is 3.14. The van der Waals surface area contributed by atoms with Crippen LogP contribution in [0.2, 0.25) is 0 Å². The number of nitriles is 1. The van der Waals surface area contributed by atoms with E-state index in [-0.39, 0.29) is 18.5 Å². The van der Waals surface area contributed by atoms with Crippen molar-refractivity contribution in [1.29, 1.82) is 5.26 Å². The van der Waals surface area contributed by atoms with Crippen LogP contribution in [0.3, 0.4) is 0 Å². The lowest BCUT2D eigenvalue weighted by Crippen LogP contribution is -1.95. The molecule has 0 N–H and O–H groups in total. The van der Waals surface area contributed by atoms with Gasteiger partial charge in [-0.2, -0.15) is 5.26 Å². The van der Waals surface area contributed by atoms with Crippen molar-refractivity contribution >= 4 is 0 Å². The van der Waals surface area contributed by atoms with Crippen molar-refractivity contribution < 1.29 is 4.92 Å². The monoisotopic (exact) mass is 126 g/mol. The van der Waals surface area contributed by atoms with E-state index in [0.717, 1.165) is 0 Å². The first-order valence-corrected chi connectivity index (χ1v) is 2.37. The second-order valence-electron chi connectivity index (χ2n) is 1.48. The van der Waals surface area contributed by atoms with Crippen LogP contribution in [0.25, 0.3) is 0 Å². The third-order valence-electron chi connectivity index (χ3n) is 0.784. The van der Waals surface area contributed by atoms with Crippen LogP contribution in [0.15, 0.2) is 12.3 Å². The van der Waals surface area contributed by atoms with Gasteiger partial charge in [0.1, 0.15) is 0 Å². The molecule has 0 amide bonds. The lowest BCUT2D eigenvalue weighted by Gasteiger charge is -1.87. The average Bonchev–Trinajstić information content (AvgIpc) is 1.82. The number of rotatable bonds is 3. The van der Waals surface area contributed by atoms with Crippen molar-refractivity contribution in [3.05, 3.63) is 22.4 Å². The van der Waals surface area contributed by atoms with Crippen LogP contribution in [0.4, 0.5) is 0 Å². The van der Waals surface area contributed by atoms with Crippen LogP contribution < -0.4 is 0 Å². The Morgan fingerprint density at radius 3 is 2.78 bits per heavy atom. The van der Waals surface area contributed by atoms with Gasteiger partial charge in [-0.05, 0) is 6.58 Å². The van der Waals surface area contributed by atoms with Gasteiger partial charge in [0, 0.05) is 6.42 Å². The molecule has 4 heteroatoms. The summed E-state index contributed by atoms with van der Waals surface area (Å²) in [6.07, 6.45) is 0.323. The Balaban J connectivity index is 3.55. The molecule has 0 saturated carbocycles. The largest absolute Gasteiger partial charge is 0.259 e. The van der Waals surface area contributed by atoms with Crippen molar-refractivity contribution in [3.63, 3.8) is 0 Å². The van der Waals surface area contributed by atoms with Crippen molar-refractivity contribution in [2.24, 2.45) is 0 Å². The van der Waals surface area contributed by atoms with Crippen molar-refractivity contribution in [3.8, 4) is 6.07 Å². The molecule has 0 aliphatic heterocycles. The molecule has 0 aromatic rings. The van der Waals surface area contributed by atoms with Gasteiger partial charge in [-0.3, -0.25) is 10.1 Å². The maximum absolute atomic E-state index is 9.80. The molecule has 4 nitrogen and oxygen atoms in total. The lowest BCUT2D eigenvalue weighted by molar-refractivity contribution is -0.427. The Bertz CT molecular complexity index is 168. The molecule has 48 valence electrons. The van der Waals surface area contributed by atoms with Crippen molar-refractivity contribution in [2.75, 3.05) is 0 Å². The average molecular weight is 126 g/mol. The minimum absolute atomic E-state index is 0.100. The Morgan fingerprint density at radius 1 is 1.89 bits per heavy atom. The highest BCUT2D eigenvalue weighted by molar-refractivity contribution is 4.85. The number of nitro groups is 1. The Kier molecular flexibility index (Phi) is 3.06. The van der Waals surface area contributed by atoms with Crippen molar-refractivity contribution in [1.82, 2.24) is 0 Å². The SMILES string of the molecule is C=C(CCC#N)[N+](=O)[O-]. The molecule has 0 bridgehead atoms. The third-order valence-corrected chi connectivity index (χ3v) is 0.784. The van der Waals surface area contributed by atoms with E-state index >= 15 is 0 Å². The Hall–Kier alpha value is -1.37. The minimum atomic E-state index is -0.572. The molecular formula is C5H6N2O2. The molecule has 0 aromatic heterocycles. The van der Waals surface area contributed by atoms with E-state index in [0.29, 0.717) is 0 Å². The first kappa shape index (κ1) is 7.63.